The number of pyridine rings is 1. The zero-order valence-electron chi connectivity index (χ0n) is 11.4. The van der Waals surface area contributed by atoms with E-state index in [-0.39, 0.29) is 11.2 Å². The molecule has 1 amide bonds. The SMILES string of the molecule is O=C(NCc1ccncc1)c1cc(=O)c2ccc(Br)cc2o1. The lowest BCUT2D eigenvalue weighted by atomic mass is 10.2. The molecular weight excluding hydrogens is 348 g/mol. The summed E-state index contributed by atoms with van der Waals surface area (Å²) in [7, 11) is 0. The summed E-state index contributed by atoms with van der Waals surface area (Å²) in [4.78, 5) is 28.1. The van der Waals surface area contributed by atoms with Crippen LogP contribution in [0.3, 0.4) is 0 Å². The summed E-state index contributed by atoms with van der Waals surface area (Å²) >= 11 is 3.31. The molecule has 0 saturated heterocycles. The average Bonchev–Trinajstić information content (AvgIpc) is 2.53. The van der Waals surface area contributed by atoms with Crippen molar-refractivity contribution in [3.63, 3.8) is 0 Å². The maximum absolute atomic E-state index is 12.1. The van der Waals surface area contributed by atoms with E-state index in [2.05, 4.69) is 26.2 Å². The Morgan fingerprint density at radius 1 is 1.18 bits per heavy atom. The van der Waals surface area contributed by atoms with Crippen molar-refractivity contribution in [2.45, 2.75) is 6.54 Å². The van der Waals surface area contributed by atoms with Crippen LogP contribution in [0.15, 0.2) is 62.5 Å². The van der Waals surface area contributed by atoms with Gasteiger partial charge in [-0.2, -0.15) is 0 Å². The van der Waals surface area contributed by atoms with E-state index in [0.717, 1.165) is 10.0 Å². The van der Waals surface area contributed by atoms with Crippen molar-refractivity contribution in [3.8, 4) is 0 Å². The van der Waals surface area contributed by atoms with Crippen molar-refractivity contribution in [2.75, 3.05) is 0 Å². The smallest absolute Gasteiger partial charge is 0.287 e. The van der Waals surface area contributed by atoms with E-state index in [4.69, 9.17) is 4.42 Å². The van der Waals surface area contributed by atoms with E-state index in [0.29, 0.717) is 17.5 Å². The maximum atomic E-state index is 12.1. The summed E-state index contributed by atoms with van der Waals surface area (Å²) in [5, 5.41) is 3.15. The molecule has 1 N–H and O–H groups in total. The Labute approximate surface area is 134 Å². The zero-order chi connectivity index (χ0) is 15.5. The van der Waals surface area contributed by atoms with E-state index in [9.17, 15) is 9.59 Å². The van der Waals surface area contributed by atoms with Crippen molar-refractivity contribution < 1.29 is 9.21 Å². The molecule has 2 aromatic heterocycles. The van der Waals surface area contributed by atoms with Gasteiger partial charge in [0.15, 0.2) is 11.2 Å². The number of fused-ring (bicyclic) bond motifs is 1. The first-order chi connectivity index (χ1) is 10.6. The van der Waals surface area contributed by atoms with Crippen molar-refractivity contribution in [2.24, 2.45) is 0 Å². The Kier molecular flexibility index (Phi) is 4.02. The predicted octanol–water partition coefficient (Wildman–Crippen LogP) is 2.88. The van der Waals surface area contributed by atoms with Gasteiger partial charge in [0, 0.05) is 29.5 Å². The average molecular weight is 359 g/mol. The summed E-state index contributed by atoms with van der Waals surface area (Å²) in [6, 6.07) is 9.88. The molecule has 6 heteroatoms. The first kappa shape index (κ1) is 14.5. The van der Waals surface area contributed by atoms with Gasteiger partial charge in [0.1, 0.15) is 5.58 Å². The molecule has 2 heterocycles. The lowest BCUT2D eigenvalue weighted by Gasteiger charge is -2.05. The van der Waals surface area contributed by atoms with E-state index < -0.39 is 5.91 Å². The number of nitrogens with one attached hydrogen (secondary N) is 1. The number of halogens is 1. The summed E-state index contributed by atoms with van der Waals surface area (Å²) in [6.07, 6.45) is 3.30. The molecule has 22 heavy (non-hydrogen) atoms. The van der Waals surface area contributed by atoms with Gasteiger partial charge < -0.3 is 9.73 Å². The summed E-state index contributed by atoms with van der Waals surface area (Å²) in [6.45, 7) is 0.335. The van der Waals surface area contributed by atoms with E-state index in [1.807, 2.05) is 0 Å². The summed E-state index contributed by atoms with van der Waals surface area (Å²) in [5.41, 5.74) is 1.04. The quantitative estimate of drug-likeness (QED) is 0.781. The number of rotatable bonds is 3. The van der Waals surface area contributed by atoms with Crippen LogP contribution in [0.25, 0.3) is 11.0 Å². The van der Waals surface area contributed by atoms with Crippen molar-refractivity contribution in [3.05, 3.63) is 74.8 Å². The first-order valence-corrected chi connectivity index (χ1v) is 7.33. The molecular formula is C16H11BrN2O3. The van der Waals surface area contributed by atoms with Gasteiger partial charge in [-0.3, -0.25) is 14.6 Å². The summed E-state index contributed by atoms with van der Waals surface area (Å²) < 4.78 is 6.29. The van der Waals surface area contributed by atoms with Crippen LogP contribution in [0, 0.1) is 0 Å². The normalized spacial score (nSPS) is 10.6. The van der Waals surface area contributed by atoms with E-state index >= 15 is 0 Å². The van der Waals surface area contributed by atoms with E-state index in [1.165, 1.54) is 6.07 Å². The molecule has 0 aliphatic carbocycles. The molecule has 1 aromatic carbocycles. The highest BCUT2D eigenvalue weighted by Gasteiger charge is 2.12. The van der Waals surface area contributed by atoms with Crippen LogP contribution in [-0.4, -0.2) is 10.9 Å². The second kappa shape index (κ2) is 6.11. The highest BCUT2D eigenvalue weighted by atomic mass is 79.9. The number of hydrogen-bond acceptors (Lipinski definition) is 4. The van der Waals surface area contributed by atoms with Crippen molar-refractivity contribution in [1.82, 2.24) is 10.3 Å². The number of hydrogen-bond donors (Lipinski definition) is 1. The Morgan fingerprint density at radius 3 is 2.73 bits per heavy atom. The van der Waals surface area contributed by atoms with Gasteiger partial charge in [-0.05, 0) is 35.9 Å². The fourth-order valence-electron chi connectivity index (χ4n) is 2.01. The van der Waals surface area contributed by atoms with Crippen LogP contribution >= 0.6 is 15.9 Å². The van der Waals surface area contributed by atoms with Crippen molar-refractivity contribution >= 4 is 32.8 Å². The van der Waals surface area contributed by atoms with Crippen LogP contribution in [0.2, 0.25) is 0 Å². The van der Waals surface area contributed by atoms with Crippen LogP contribution in [0.5, 0.6) is 0 Å². The number of carbonyl (C=O) groups is 1. The highest BCUT2D eigenvalue weighted by molar-refractivity contribution is 9.10. The minimum absolute atomic E-state index is 0.00958. The highest BCUT2D eigenvalue weighted by Crippen LogP contribution is 2.18. The third-order valence-corrected chi connectivity index (χ3v) is 3.61. The molecule has 0 bridgehead atoms. The molecule has 0 atom stereocenters. The Balaban J connectivity index is 1.86. The van der Waals surface area contributed by atoms with Crippen LogP contribution in [0.1, 0.15) is 16.1 Å². The minimum Gasteiger partial charge on any atom is -0.451 e. The lowest BCUT2D eigenvalue weighted by Crippen LogP contribution is -2.24. The molecule has 0 saturated carbocycles. The number of carbonyl (C=O) groups excluding carboxylic acids is 1. The molecule has 0 fully saturated rings. The van der Waals surface area contributed by atoms with Gasteiger partial charge in [0.2, 0.25) is 0 Å². The van der Waals surface area contributed by atoms with Gasteiger partial charge in [-0.15, -0.1) is 0 Å². The maximum Gasteiger partial charge on any atom is 0.287 e. The number of nitrogens with zero attached hydrogens (tertiary/aromatic N) is 1. The third-order valence-electron chi connectivity index (χ3n) is 3.12. The largest absolute Gasteiger partial charge is 0.451 e. The van der Waals surface area contributed by atoms with Crippen LogP contribution < -0.4 is 10.7 Å². The Bertz CT molecular complexity index is 891. The number of aromatic nitrogens is 1. The van der Waals surface area contributed by atoms with Gasteiger partial charge >= 0.3 is 0 Å². The second-order valence-corrected chi connectivity index (χ2v) is 5.57. The van der Waals surface area contributed by atoms with Gasteiger partial charge in [-0.25, -0.2) is 0 Å². The van der Waals surface area contributed by atoms with Crippen LogP contribution in [-0.2, 0) is 6.54 Å². The fraction of sp³-hybridized carbons (Fsp3) is 0.0625. The molecule has 5 nitrogen and oxygen atoms in total. The number of amides is 1. The molecule has 0 radical (unpaired) electrons. The van der Waals surface area contributed by atoms with Gasteiger partial charge in [-0.1, -0.05) is 15.9 Å². The molecule has 0 spiro atoms. The third kappa shape index (κ3) is 3.07. The zero-order valence-corrected chi connectivity index (χ0v) is 13.0. The predicted molar refractivity (Wildman–Crippen MR) is 85.6 cm³/mol. The molecule has 0 aliphatic rings. The number of benzene rings is 1. The minimum atomic E-state index is -0.434. The fourth-order valence-corrected chi connectivity index (χ4v) is 2.35. The van der Waals surface area contributed by atoms with Gasteiger partial charge in [0.25, 0.3) is 5.91 Å². The van der Waals surface area contributed by atoms with E-state index in [1.54, 1.807) is 42.7 Å². The molecule has 3 aromatic rings. The van der Waals surface area contributed by atoms with Crippen LogP contribution in [0.4, 0.5) is 0 Å². The van der Waals surface area contributed by atoms with Crippen molar-refractivity contribution in [1.29, 1.82) is 0 Å². The lowest BCUT2D eigenvalue weighted by molar-refractivity contribution is 0.0923. The van der Waals surface area contributed by atoms with Gasteiger partial charge in [0.05, 0.1) is 5.39 Å². The summed E-state index contributed by atoms with van der Waals surface area (Å²) in [5.74, 6) is -0.444. The monoisotopic (exact) mass is 358 g/mol. The molecule has 3 rings (SSSR count). The Morgan fingerprint density at radius 2 is 1.95 bits per heavy atom. The molecule has 110 valence electrons. The molecule has 0 aliphatic heterocycles. The first-order valence-electron chi connectivity index (χ1n) is 6.54. The topological polar surface area (TPSA) is 72.2 Å². The standard InChI is InChI=1S/C16H11BrN2O3/c17-11-1-2-12-13(20)8-15(22-14(12)7-11)16(21)19-9-10-3-5-18-6-4-10/h1-8H,9H2,(H,19,21). The Hall–Kier alpha value is -2.47. The molecule has 0 unspecified atom stereocenters. The second-order valence-electron chi connectivity index (χ2n) is 4.65.